The molecule has 126 valence electrons. The first-order valence-electron chi connectivity index (χ1n) is 8.61. The summed E-state index contributed by atoms with van der Waals surface area (Å²) in [6.45, 7) is 4.45. The molecule has 0 radical (unpaired) electrons. The lowest BCUT2D eigenvalue weighted by atomic mass is 9.88. The maximum atomic E-state index is 11.3. The van der Waals surface area contributed by atoms with E-state index in [1.54, 1.807) is 12.1 Å². The van der Waals surface area contributed by atoms with Crippen molar-refractivity contribution in [3.8, 4) is 0 Å². The standard InChI is InChI=1S/C18H31NO2S/c1-3-5-7-9-11-16(10-8-6-4-2)17-12-14-18(15-13-17)22(19,20)21/h12-16H,3-11H2,1-2H3,(H2,19,20,21). The number of hydrogen-bond acceptors (Lipinski definition) is 2. The maximum absolute atomic E-state index is 11.3. The minimum absolute atomic E-state index is 0.203. The van der Waals surface area contributed by atoms with E-state index in [2.05, 4.69) is 13.8 Å². The van der Waals surface area contributed by atoms with Gasteiger partial charge in [-0.1, -0.05) is 70.9 Å². The van der Waals surface area contributed by atoms with Crippen LogP contribution in [0.2, 0.25) is 0 Å². The number of sulfonamides is 1. The van der Waals surface area contributed by atoms with E-state index in [4.69, 9.17) is 5.14 Å². The Bertz CT molecular complexity index is 508. The molecule has 0 amide bonds. The SMILES string of the molecule is CCCCCCC(CCCCC)c1ccc(S(N)(=O)=O)cc1. The lowest BCUT2D eigenvalue weighted by molar-refractivity contribution is 0.501. The largest absolute Gasteiger partial charge is 0.238 e. The van der Waals surface area contributed by atoms with Crippen LogP contribution < -0.4 is 5.14 Å². The number of hydrogen-bond donors (Lipinski definition) is 1. The van der Waals surface area contributed by atoms with Crippen molar-refractivity contribution < 1.29 is 8.42 Å². The lowest BCUT2D eigenvalue weighted by Gasteiger charge is -2.18. The van der Waals surface area contributed by atoms with Gasteiger partial charge >= 0.3 is 0 Å². The van der Waals surface area contributed by atoms with Gasteiger partial charge in [-0.2, -0.15) is 0 Å². The van der Waals surface area contributed by atoms with Crippen LogP contribution in [0.1, 0.15) is 83.1 Å². The summed E-state index contributed by atoms with van der Waals surface area (Å²) in [5.41, 5.74) is 1.25. The Morgan fingerprint density at radius 2 is 1.36 bits per heavy atom. The summed E-state index contributed by atoms with van der Waals surface area (Å²) in [5, 5.41) is 5.17. The van der Waals surface area contributed by atoms with Gasteiger partial charge in [-0.3, -0.25) is 0 Å². The van der Waals surface area contributed by atoms with Crippen LogP contribution in [0, 0.1) is 0 Å². The lowest BCUT2D eigenvalue weighted by Crippen LogP contribution is -2.12. The molecule has 0 saturated heterocycles. The van der Waals surface area contributed by atoms with Gasteiger partial charge in [0.05, 0.1) is 4.90 Å². The Hall–Kier alpha value is -0.870. The number of benzene rings is 1. The Morgan fingerprint density at radius 1 is 0.864 bits per heavy atom. The van der Waals surface area contributed by atoms with E-state index in [1.807, 2.05) is 12.1 Å². The molecule has 0 heterocycles. The second kappa shape index (κ2) is 10.0. The quantitative estimate of drug-likeness (QED) is 0.584. The molecule has 1 unspecified atom stereocenters. The summed E-state index contributed by atoms with van der Waals surface area (Å²) in [7, 11) is -3.59. The molecule has 0 aliphatic rings. The zero-order valence-electron chi connectivity index (χ0n) is 14.1. The normalized spacial score (nSPS) is 13.2. The topological polar surface area (TPSA) is 60.2 Å². The summed E-state index contributed by atoms with van der Waals surface area (Å²) < 4.78 is 22.7. The molecule has 0 aliphatic carbocycles. The van der Waals surface area contributed by atoms with Gasteiger partial charge in [0.25, 0.3) is 0 Å². The smallest absolute Gasteiger partial charge is 0.225 e. The Balaban J connectivity index is 2.71. The van der Waals surface area contributed by atoms with Crippen molar-refractivity contribution in [2.24, 2.45) is 5.14 Å². The molecule has 1 aromatic carbocycles. The van der Waals surface area contributed by atoms with Crippen LogP contribution in [-0.2, 0) is 10.0 Å². The van der Waals surface area contributed by atoms with Gasteiger partial charge in [-0.05, 0) is 36.5 Å². The van der Waals surface area contributed by atoms with Crippen molar-refractivity contribution in [1.29, 1.82) is 0 Å². The summed E-state index contributed by atoms with van der Waals surface area (Å²) >= 11 is 0. The average Bonchev–Trinajstić information content (AvgIpc) is 2.49. The molecule has 0 spiro atoms. The molecule has 1 rings (SSSR count). The molecule has 0 bridgehead atoms. The zero-order chi connectivity index (χ0) is 16.4. The van der Waals surface area contributed by atoms with Crippen LogP contribution in [-0.4, -0.2) is 8.42 Å². The Labute approximate surface area is 136 Å². The average molecular weight is 326 g/mol. The van der Waals surface area contributed by atoms with E-state index in [0.29, 0.717) is 5.92 Å². The van der Waals surface area contributed by atoms with Gasteiger partial charge < -0.3 is 0 Å². The third kappa shape index (κ3) is 6.93. The third-order valence-electron chi connectivity index (χ3n) is 4.24. The highest BCUT2D eigenvalue weighted by molar-refractivity contribution is 7.89. The fourth-order valence-corrected chi connectivity index (χ4v) is 3.38. The highest BCUT2D eigenvalue weighted by Gasteiger charge is 2.13. The zero-order valence-corrected chi connectivity index (χ0v) is 14.9. The molecule has 1 aromatic rings. The van der Waals surface area contributed by atoms with Gasteiger partial charge in [0.2, 0.25) is 10.0 Å². The Morgan fingerprint density at radius 3 is 1.86 bits per heavy atom. The molecule has 2 N–H and O–H groups in total. The molecule has 22 heavy (non-hydrogen) atoms. The highest BCUT2D eigenvalue weighted by Crippen LogP contribution is 2.29. The molecule has 4 heteroatoms. The molecule has 0 fully saturated rings. The van der Waals surface area contributed by atoms with Gasteiger partial charge in [-0.15, -0.1) is 0 Å². The first-order chi connectivity index (χ1) is 10.5. The second-order valence-corrected chi connectivity index (χ2v) is 7.72. The van der Waals surface area contributed by atoms with Crippen molar-refractivity contribution in [2.75, 3.05) is 0 Å². The fourth-order valence-electron chi connectivity index (χ4n) is 2.87. The number of primary sulfonamides is 1. The molecular weight excluding hydrogens is 294 g/mol. The molecule has 1 atom stereocenters. The van der Waals surface area contributed by atoms with Gasteiger partial charge in [0, 0.05) is 0 Å². The van der Waals surface area contributed by atoms with Crippen LogP contribution in [0.3, 0.4) is 0 Å². The first-order valence-corrected chi connectivity index (χ1v) is 10.2. The van der Waals surface area contributed by atoms with Crippen LogP contribution in [0.25, 0.3) is 0 Å². The highest BCUT2D eigenvalue weighted by atomic mass is 32.2. The number of rotatable bonds is 11. The van der Waals surface area contributed by atoms with E-state index in [1.165, 1.54) is 63.4 Å². The van der Waals surface area contributed by atoms with Crippen molar-refractivity contribution in [3.05, 3.63) is 29.8 Å². The van der Waals surface area contributed by atoms with Crippen LogP contribution in [0.15, 0.2) is 29.2 Å². The summed E-state index contributed by atoms with van der Waals surface area (Å²) in [5.74, 6) is 0.540. The number of nitrogens with two attached hydrogens (primary N) is 1. The van der Waals surface area contributed by atoms with Crippen molar-refractivity contribution >= 4 is 10.0 Å². The molecule has 0 aromatic heterocycles. The third-order valence-corrected chi connectivity index (χ3v) is 5.17. The van der Waals surface area contributed by atoms with Crippen LogP contribution in [0.4, 0.5) is 0 Å². The summed E-state index contributed by atoms with van der Waals surface area (Å²) in [4.78, 5) is 0.203. The second-order valence-electron chi connectivity index (χ2n) is 6.16. The molecule has 0 saturated carbocycles. The van der Waals surface area contributed by atoms with E-state index in [-0.39, 0.29) is 4.90 Å². The predicted octanol–water partition coefficient (Wildman–Crippen LogP) is 4.97. The predicted molar refractivity (Wildman–Crippen MR) is 93.5 cm³/mol. The molecular formula is C18H31NO2S. The van der Waals surface area contributed by atoms with E-state index < -0.39 is 10.0 Å². The molecule has 0 aliphatic heterocycles. The van der Waals surface area contributed by atoms with Gasteiger partial charge in [0.1, 0.15) is 0 Å². The van der Waals surface area contributed by atoms with Crippen LogP contribution in [0.5, 0.6) is 0 Å². The minimum atomic E-state index is -3.59. The van der Waals surface area contributed by atoms with Crippen LogP contribution >= 0.6 is 0 Å². The minimum Gasteiger partial charge on any atom is -0.225 e. The summed E-state index contributed by atoms with van der Waals surface area (Å²) in [6, 6.07) is 7.17. The van der Waals surface area contributed by atoms with E-state index >= 15 is 0 Å². The maximum Gasteiger partial charge on any atom is 0.238 e. The van der Waals surface area contributed by atoms with Crippen molar-refractivity contribution in [3.63, 3.8) is 0 Å². The van der Waals surface area contributed by atoms with Crippen molar-refractivity contribution in [2.45, 2.75) is 82.4 Å². The van der Waals surface area contributed by atoms with E-state index in [0.717, 1.165) is 0 Å². The first kappa shape index (κ1) is 19.2. The Kier molecular flexibility index (Phi) is 8.72. The monoisotopic (exact) mass is 325 g/mol. The molecule has 3 nitrogen and oxygen atoms in total. The van der Waals surface area contributed by atoms with Crippen molar-refractivity contribution in [1.82, 2.24) is 0 Å². The van der Waals surface area contributed by atoms with Gasteiger partial charge in [0.15, 0.2) is 0 Å². The van der Waals surface area contributed by atoms with E-state index in [9.17, 15) is 8.42 Å². The number of unbranched alkanes of at least 4 members (excludes halogenated alkanes) is 5. The summed E-state index contributed by atoms with van der Waals surface area (Å²) in [6.07, 6.45) is 11.2. The fraction of sp³-hybridized carbons (Fsp3) is 0.667. The van der Waals surface area contributed by atoms with Gasteiger partial charge in [-0.25, -0.2) is 13.6 Å².